The lowest BCUT2D eigenvalue weighted by Gasteiger charge is -2.16. The minimum atomic E-state index is -0.329. The van der Waals surface area contributed by atoms with Gasteiger partial charge in [0.25, 0.3) is 0 Å². The van der Waals surface area contributed by atoms with Crippen LogP contribution in [0, 0.1) is 12.7 Å². The van der Waals surface area contributed by atoms with Gasteiger partial charge in [-0.15, -0.1) is 0 Å². The molecule has 0 aliphatic rings. The van der Waals surface area contributed by atoms with Crippen LogP contribution < -0.4 is 10.1 Å². The van der Waals surface area contributed by atoms with Crippen molar-refractivity contribution in [2.24, 2.45) is 0 Å². The molecule has 0 radical (unpaired) electrons. The predicted octanol–water partition coefficient (Wildman–Crippen LogP) is 5.08. The number of aryl methyl sites for hydroxylation is 1. The Kier molecular flexibility index (Phi) is 5.21. The Morgan fingerprint density at radius 1 is 1.24 bits per heavy atom. The minimum absolute atomic E-state index is 0.329. The molecular weight excluding hydrogens is 289 g/mol. The Morgan fingerprint density at radius 2 is 2.00 bits per heavy atom. The smallest absolute Gasteiger partial charge is 0.150 e. The number of nitrogens with one attached hydrogen (secondary N) is 1. The van der Waals surface area contributed by atoms with Gasteiger partial charge in [-0.25, -0.2) is 4.39 Å². The van der Waals surface area contributed by atoms with Gasteiger partial charge in [0, 0.05) is 24.2 Å². The van der Waals surface area contributed by atoms with Crippen molar-refractivity contribution in [2.75, 3.05) is 0 Å². The molecule has 0 fully saturated rings. The highest BCUT2D eigenvalue weighted by atomic mass is 35.5. The maximum atomic E-state index is 13.4. The van der Waals surface area contributed by atoms with Gasteiger partial charge < -0.3 is 10.1 Å². The first-order chi connectivity index (χ1) is 9.97. The molecule has 0 heterocycles. The average Bonchev–Trinajstić information content (AvgIpc) is 2.43. The van der Waals surface area contributed by atoms with Crippen LogP contribution in [0.5, 0.6) is 11.5 Å². The standard InChI is InChI=1S/C17H19ClFNO/c1-11(2)20-10-13-5-4-6-15(18)17(13)21-16-9-14(19)8-7-12(16)3/h4-9,11,20H,10H2,1-3H3. The summed E-state index contributed by atoms with van der Waals surface area (Å²) in [7, 11) is 0. The van der Waals surface area contributed by atoms with E-state index in [0.29, 0.717) is 29.1 Å². The van der Waals surface area contributed by atoms with Crippen LogP contribution in [-0.2, 0) is 6.54 Å². The van der Waals surface area contributed by atoms with E-state index in [1.807, 2.05) is 19.1 Å². The van der Waals surface area contributed by atoms with Crippen molar-refractivity contribution in [1.82, 2.24) is 5.32 Å². The molecule has 0 saturated carbocycles. The molecule has 2 aromatic carbocycles. The Morgan fingerprint density at radius 3 is 2.71 bits per heavy atom. The molecule has 0 aliphatic carbocycles. The highest BCUT2D eigenvalue weighted by Crippen LogP contribution is 2.34. The van der Waals surface area contributed by atoms with Crippen molar-refractivity contribution >= 4 is 11.6 Å². The van der Waals surface area contributed by atoms with Crippen LogP contribution in [0.1, 0.15) is 25.0 Å². The summed E-state index contributed by atoms with van der Waals surface area (Å²) >= 11 is 6.24. The first-order valence-electron chi connectivity index (χ1n) is 6.92. The van der Waals surface area contributed by atoms with E-state index >= 15 is 0 Å². The molecule has 2 nitrogen and oxygen atoms in total. The second kappa shape index (κ2) is 6.92. The van der Waals surface area contributed by atoms with Crippen molar-refractivity contribution < 1.29 is 9.13 Å². The second-order valence-electron chi connectivity index (χ2n) is 5.28. The molecule has 21 heavy (non-hydrogen) atoms. The molecule has 4 heteroatoms. The Balaban J connectivity index is 2.32. The molecule has 0 spiro atoms. The fourth-order valence-corrected chi connectivity index (χ4v) is 2.15. The molecule has 1 N–H and O–H groups in total. The van der Waals surface area contributed by atoms with Crippen molar-refractivity contribution in [3.63, 3.8) is 0 Å². The fraction of sp³-hybridized carbons (Fsp3) is 0.294. The highest BCUT2D eigenvalue weighted by Gasteiger charge is 2.12. The topological polar surface area (TPSA) is 21.3 Å². The third-order valence-corrected chi connectivity index (χ3v) is 3.41. The normalized spacial score (nSPS) is 11.0. The fourth-order valence-electron chi connectivity index (χ4n) is 1.91. The van der Waals surface area contributed by atoms with Gasteiger partial charge in [-0.05, 0) is 24.6 Å². The summed E-state index contributed by atoms with van der Waals surface area (Å²) in [6.45, 7) is 6.66. The molecule has 0 bridgehead atoms. The van der Waals surface area contributed by atoms with E-state index in [1.54, 1.807) is 12.1 Å². The number of halogens is 2. The van der Waals surface area contributed by atoms with E-state index in [2.05, 4.69) is 19.2 Å². The van der Waals surface area contributed by atoms with Crippen molar-refractivity contribution in [3.8, 4) is 11.5 Å². The summed E-state index contributed by atoms with van der Waals surface area (Å²) in [5.74, 6) is 0.722. The van der Waals surface area contributed by atoms with Gasteiger partial charge in [-0.2, -0.15) is 0 Å². The van der Waals surface area contributed by atoms with Crippen molar-refractivity contribution in [3.05, 3.63) is 58.4 Å². The van der Waals surface area contributed by atoms with E-state index < -0.39 is 0 Å². The van der Waals surface area contributed by atoms with E-state index in [1.165, 1.54) is 12.1 Å². The summed E-state index contributed by atoms with van der Waals surface area (Å²) < 4.78 is 19.3. The Labute approximate surface area is 129 Å². The maximum Gasteiger partial charge on any atom is 0.150 e. The predicted molar refractivity (Wildman–Crippen MR) is 84.6 cm³/mol. The zero-order valence-electron chi connectivity index (χ0n) is 12.4. The summed E-state index contributed by atoms with van der Waals surface area (Å²) in [4.78, 5) is 0. The Bertz CT molecular complexity index is 628. The van der Waals surface area contributed by atoms with E-state index in [9.17, 15) is 4.39 Å². The third-order valence-electron chi connectivity index (χ3n) is 3.11. The molecule has 0 atom stereocenters. The minimum Gasteiger partial charge on any atom is -0.455 e. The first kappa shape index (κ1) is 15.8. The highest BCUT2D eigenvalue weighted by molar-refractivity contribution is 6.32. The lowest BCUT2D eigenvalue weighted by Crippen LogP contribution is -2.22. The molecule has 0 aromatic heterocycles. The van der Waals surface area contributed by atoms with Gasteiger partial charge in [0.2, 0.25) is 0 Å². The van der Waals surface area contributed by atoms with Gasteiger partial charge in [0.05, 0.1) is 5.02 Å². The third kappa shape index (κ3) is 4.19. The van der Waals surface area contributed by atoms with Crippen LogP contribution in [0.2, 0.25) is 5.02 Å². The largest absolute Gasteiger partial charge is 0.455 e. The molecule has 0 unspecified atom stereocenters. The number of hydrogen-bond acceptors (Lipinski definition) is 2. The van der Waals surface area contributed by atoms with Crippen LogP contribution in [0.15, 0.2) is 36.4 Å². The van der Waals surface area contributed by atoms with Crippen LogP contribution in [0.25, 0.3) is 0 Å². The van der Waals surface area contributed by atoms with Crippen LogP contribution in [0.4, 0.5) is 4.39 Å². The summed E-state index contributed by atoms with van der Waals surface area (Å²) in [5.41, 5.74) is 1.80. The number of benzene rings is 2. The van der Waals surface area contributed by atoms with Gasteiger partial charge in [0.1, 0.15) is 11.6 Å². The van der Waals surface area contributed by atoms with Crippen molar-refractivity contribution in [2.45, 2.75) is 33.4 Å². The molecule has 0 aliphatic heterocycles. The van der Waals surface area contributed by atoms with E-state index in [4.69, 9.17) is 16.3 Å². The molecular formula is C17H19ClFNO. The lowest BCUT2D eigenvalue weighted by molar-refractivity contribution is 0.461. The van der Waals surface area contributed by atoms with Gasteiger partial charge in [-0.1, -0.05) is 43.6 Å². The molecule has 112 valence electrons. The summed E-state index contributed by atoms with van der Waals surface area (Å²) in [6, 6.07) is 10.4. The van der Waals surface area contributed by atoms with E-state index in [0.717, 1.165) is 11.1 Å². The van der Waals surface area contributed by atoms with Gasteiger partial charge in [-0.3, -0.25) is 0 Å². The molecule has 2 aromatic rings. The van der Waals surface area contributed by atoms with Crippen LogP contribution in [-0.4, -0.2) is 6.04 Å². The molecule has 0 saturated heterocycles. The Hall–Kier alpha value is -1.58. The quantitative estimate of drug-likeness (QED) is 0.832. The summed E-state index contributed by atoms with van der Waals surface area (Å²) in [6.07, 6.45) is 0. The van der Waals surface area contributed by atoms with Crippen LogP contribution in [0.3, 0.4) is 0 Å². The van der Waals surface area contributed by atoms with Crippen LogP contribution >= 0.6 is 11.6 Å². The monoisotopic (exact) mass is 307 g/mol. The first-order valence-corrected chi connectivity index (χ1v) is 7.30. The number of para-hydroxylation sites is 1. The average molecular weight is 308 g/mol. The van der Waals surface area contributed by atoms with Crippen molar-refractivity contribution in [1.29, 1.82) is 0 Å². The van der Waals surface area contributed by atoms with E-state index in [-0.39, 0.29) is 5.82 Å². The number of ether oxygens (including phenoxy) is 1. The zero-order chi connectivity index (χ0) is 15.4. The zero-order valence-corrected chi connectivity index (χ0v) is 13.2. The summed E-state index contributed by atoms with van der Waals surface area (Å²) in [5, 5.41) is 3.84. The second-order valence-corrected chi connectivity index (χ2v) is 5.68. The van der Waals surface area contributed by atoms with Gasteiger partial charge >= 0.3 is 0 Å². The van der Waals surface area contributed by atoms with Gasteiger partial charge in [0.15, 0.2) is 5.75 Å². The lowest BCUT2D eigenvalue weighted by atomic mass is 10.1. The number of hydrogen-bond donors (Lipinski definition) is 1. The molecule has 2 rings (SSSR count). The molecule has 0 amide bonds. The maximum absolute atomic E-state index is 13.4. The number of rotatable bonds is 5. The SMILES string of the molecule is Cc1ccc(F)cc1Oc1c(Cl)cccc1CNC(C)C.